The monoisotopic (exact) mass is 1140 g/mol. The molecule has 4 aliphatic carbocycles. The van der Waals surface area contributed by atoms with E-state index in [-0.39, 0.29) is 37.0 Å². The fourth-order valence-corrected chi connectivity index (χ4v) is 12.8. The fraction of sp³-hybridized carbons (Fsp3) is 0.887. The Bertz CT molecular complexity index is 1970. The number of methoxy groups -OCH3 is 2. The van der Waals surface area contributed by atoms with Crippen LogP contribution >= 0.6 is 0 Å². The van der Waals surface area contributed by atoms with E-state index < -0.39 is 191 Å². The van der Waals surface area contributed by atoms with Crippen molar-refractivity contribution in [1.82, 2.24) is 0 Å². The van der Waals surface area contributed by atoms with Crippen LogP contribution in [0.2, 0.25) is 0 Å². The Morgan fingerprint density at radius 2 is 1.04 bits per heavy atom. The summed E-state index contributed by atoms with van der Waals surface area (Å²) >= 11 is 0. The molecule has 14 N–H and O–H groups in total. The van der Waals surface area contributed by atoms with Gasteiger partial charge < -0.3 is 118 Å². The zero-order chi connectivity index (χ0) is 56.8. The van der Waals surface area contributed by atoms with E-state index in [1.807, 2.05) is 0 Å². The highest BCUT2D eigenvalue weighted by molar-refractivity contribution is 5.82. The van der Waals surface area contributed by atoms with Crippen LogP contribution < -0.4 is 0 Å². The van der Waals surface area contributed by atoms with Crippen LogP contribution in [0.25, 0.3) is 0 Å². The molecule has 26 nitrogen and oxygen atoms in total. The van der Waals surface area contributed by atoms with Gasteiger partial charge in [-0.15, -0.1) is 0 Å². The highest BCUT2D eigenvalue weighted by Gasteiger charge is 2.58. The largest absolute Gasteiger partial charge is 0.460 e. The summed E-state index contributed by atoms with van der Waals surface area (Å²) in [5.41, 5.74) is 0. The molecule has 0 spiro atoms. The molecular formula is C53H85O26+. The standard InChI is InChI=1S/C53H84O26/c1-69-33-15-23(3-11-29(33)58)5-13-39(60)71-22-38-43(64)46(67)50(79-53-49(45(66)42(63)37(21-55)76-53)78-40(61)14-6-24-4-12-30(59)34(16-24)70-2)52(77-38)74-35-19-28-31(72-48(35)25-7-9-26(56)10-8-25)17-27(57)18-32(28)73-51-47(68)44(65)41(62)36(20-54)75-51/h5-6,13-14,23-38,41-59,62-68H,3-4,7-12,15-22H2,1-2H3/p+1/t23?,24?,25?,26?,27?,28?,29?,30?,31?,32?,33?,34?,35?,36-,37-,38-,41-,42-,43-,44+,45+,46+,47-,48?,49-,50-,51-,52-,53+/m1/s1. The highest BCUT2D eigenvalue weighted by Crippen LogP contribution is 2.45. The van der Waals surface area contributed by atoms with Crippen molar-refractivity contribution in [2.75, 3.05) is 34.0 Å². The SMILES string of the molecule is COC1CC(C=CC(=O)OC[C@H]2O[C@@H](OC3CC4C(O[C@@H]5O[C@H](CO)[C@@H](O)[C@H](O)[C@H]5O)CC(O)CC4[OH+]C3C3CCC(O)CC3)[C@H](O[C@@H]3O[C@H](CO)[C@@H](O)[C@H](O)[C@H]3OC(=O)C=CC3CCC(O)C(OC)C3)[C@@H](O)[C@@H]2O)CCC1O. The van der Waals surface area contributed by atoms with Gasteiger partial charge in [0.25, 0.3) is 0 Å². The molecule has 0 aromatic rings. The molecule has 0 amide bonds. The molecule has 8 aliphatic rings. The predicted molar refractivity (Wildman–Crippen MR) is 265 cm³/mol. The number of hydrogen-bond donors (Lipinski definition) is 13. The molecule has 0 radical (unpaired) electrons. The van der Waals surface area contributed by atoms with Gasteiger partial charge in [-0.25, -0.2) is 9.59 Å². The van der Waals surface area contributed by atoms with E-state index in [1.165, 1.54) is 20.3 Å². The molecule has 79 heavy (non-hydrogen) atoms. The Morgan fingerprint density at radius 1 is 0.506 bits per heavy atom. The van der Waals surface area contributed by atoms with Crippen molar-refractivity contribution in [3.05, 3.63) is 24.3 Å². The summed E-state index contributed by atoms with van der Waals surface area (Å²) < 4.78 is 64.9. The van der Waals surface area contributed by atoms with Gasteiger partial charge in [0.1, 0.15) is 79.9 Å². The second-order valence-corrected chi connectivity index (χ2v) is 22.8. The number of fused-ring (bicyclic) bond motifs is 1. The van der Waals surface area contributed by atoms with Crippen LogP contribution in [0.4, 0.5) is 0 Å². The minimum absolute atomic E-state index is 0.00118. The van der Waals surface area contributed by atoms with Gasteiger partial charge in [0.15, 0.2) is 37.2 Å². The van der Waals surface area contributed by atoms with Crippen LogP contribution in [0.5, 0.6) is 0 Å². The molecule has 8 fully saturated rings. The molecule has 26 heteroatoms. The molecule has 4 saturated heterocycles. The summed E-state index contributed by atoms with van der Waals surface area (Å²) in [6.07, 6.45) is -22.5. The van der Waals surface area contributed by atoms with E-state index >= 15 is 0 Å². The Morgan fingerprint density at radius 3 is 1.65 bits per heavy atom. The molecule has 8 rings (SSSR count). The smallest absolute Gasteiger partial charge is 0.330 e. The third kappa shape index (κ3) is 15.1. The van der Waals surface area contributed by atoms with Gasteiger partial charge in [-0.3, -0.25) is 0 Å². The molecule has 4 heterocycles. The first-order valence-corrected chi connectivity index (χ1v) is 27.9. The number of carbonyl (C=O) groups excluding carboxylic acids is 2. The molecule has 4 aliphatic heterocycles. The summed E-state index contributed by atoms with van der Waals surface area (Å²) in [5, 5.41) is 141. The predicted octanol–water partition coefficient (Wildman–Crippen LogP) is -4.26. The zero-order valence-corrected chi connectivity index (χ0v) is 44.5. The van der Waals surface area contributed by atoms with Crippen molar-refractivity contribution < 1.29 is 128 Å². The van der Waals surface area contributed by atoms with Gasteiger partial charge in [0.05, 0.1) is 61.9 Å². The van der Waals surface area contributed by atoms with Gasteiger partial charge in [-0.2, -0.15) is 0 Å². The summed E-state index contributed by atoms with van der Waals surface area (Å²) in [6, 6.07) is 0. The maximum atomic E-state index is 13.5. The zero-order valence-electron chi connectivity index (χ0n) is 44.5. The number of aliphatic hydroxyl groups is 15. The summed E-state index contributed by atoms with van der Waals surface area (Å²) in [7, 11) is 2.96. The number of carbonyl (C=O) groups is 2. The van der Waals surface area contributed by atoms with Crippen LogP contribution in [0.3, 0.4) is 0 Å². The third-order valence-electron chi connectivity index (χ3n) is 17.5. The molecule has 0 aromatic carbocycles. The normalized spacial score (nSPS) is 48.1. The summed E-state index contributed by atoms with van der Waals surface area (Å²) in [5.74, 6) is -2.97. The molecule has 452 valence electrons. The van der Waals surface area contributed by atoms with E-state index in [2.05, 4.69) is 0 Å². The molecule has 12 unspecified atom stereocenters. The number of aliphatic hydroxyl groups excluding tert-OH is 13. The van der Waals surface area contributed by atoms with Crippen molar-refractivity contribution in [1.29, 1.82) is 0 Å². The van der Waals surface area contributed by atoms with Crippen molar-refractivity contribution >= 4 is 11.9 Å². The Labute approximate surface area is 457 Å². The average molecular weight is 1140 g/mol. The van der Waals surface area contributed by atoms with Gasteiger partial charge in [-0.1, -0.05) is 12.2 Å². The maximum Gasteiger partial charge on any atom is 0.330 e. The maximum absolute atomic E-state index is 13.5. The Hall–Kier alpha value is -2.46. The lowest BCUT2D eigenvalue weighted by molar-refractivity contribution is -0.389. The first kappa shape index (κ1) is 62.6. The van der Waals surface area contributed by atoms with Crippen LogP contribution in [-0.4, -0.2) is 270 Å². The van der Waals surface area contributed by atoms with Gasteiger partial charge in [-0.05, 0) is 82.5 Å². The fourth-order valence-electron chi connectivity index (χ4n) is 12.8. The summed E-state index contributed by atoms with van der Waals surface area (Å²) in [4.78, 5) is 26.7. The minimum Gasteiger partial charge on any atom is -0.460 e. The number of esters is 2. The van der Waals surface area contributed by atoms with E-state index in [9.17, 15) is 76.0 Å². The second-order valence-electron chi connectivity index (χ2n) is 22.8. The Balaban J connectivity index is 1.07. The molecule has 4 saturated carbocycles. The first-order valence-electron chi connectivity index (χ1n) is 27.9. The van der Waals surface area contributed by atoms with Gasteiger partial charge in [0.2, 0.25) is 0 Å². The molecule has 0 bridgehead atoms. The number of rotatable bonds is 18. The lowest BCUT2D eigenvalue weighted by Crippen LogP contribution is -2.66. The van der Waals surface area contributed by atoms with Gasteiger partial charge >= 0.3 is 11.9 Å². The van der Waals surface area contributed by atoms with E-state index in [4.69, 9.17) is 52.1 Å². The number of allylic oxidation sites excluding steroid dienone is 2. The van der Waals surface area contributed by atoms with Crippen LogP contribution in [0, 0.1) is 23.7 Å². The first-order chi connectivity index (χ1) is 37.8. The summed E-state index contributed by atoms with van der Waals surface area (Å²) in [6.45, 7) is -2.21. The van der Waals surface area contributed by atoms with Gasteiger partial charge in [0, 0.05) is 45.1 Å². The second kappa shape index (κ2) is 28.4. The van der Waals surface area contributed by atoms with Crippen LogP contribution in [0.1, 0.15) is 83.5 Å². The average Bonchev–Trinajstić information content (AvgIpc) is 3.44. The number of hydrogen-bond acceptors (Lipinski definition) is 25. The van der Waals surface area contributed by atoms with Crippen molar-refractivity contribution in [3.8, 4) is 0 Å². The minimum atomic E-state index is -1.99. The van der Waals surface area contributed by atoms with Crippen molar-refractivity contribution in [2.24, 2.45) is 23.7 Å². The van der Waals surface area contributed by atoms with E-state index in [1.54, 1.807) is 12.2 Å². The molecule has 0 aromatic heterocycles. The van der Waals surface area contributed by atoms with Crippen molar-refractivity contribution in [3.63, 3.8) is 0 Å². The lowest BCUT2D eigenvalue weighted by atomic mass is 9.73. The van der Waals surface area contributed by atoms with Crippen LogP contribution in [0.15, 0.2) is 24.3 Å². The highest BCUT2D eigenvalue weighted by atomic mass is 16.8. The van der Waals surface area contributed by atoms with E-state index in [0.717, 1.165) is 6.08 Å². The topological polar surface area (TPSA) is 402 Å². The molecular weight excluding hydrogens is 1050 g/mol. The number of ether oxygens (including phenoxy) is 11. The molecule has 27 atom stereocenters. The van der Waals surface area contributed by atoms with Crippen molar-refractivity contribution in [2.45, 2.75) is 237 Å². The van der Waals surface area contributed by atoms with E-state index in [0.29, 0.717) is 64.2 Å². The lowest BCUT2D eigenvalue weighted by Gasteiger charge is -2.50. The Kier molecular flexibility index (Phi) is 22.5. The quantitative estimate of drug-likeness (QED) is 0.0351. The van der Waals surface area contributed by atoms with Crippen LogP contribution in [-0.2, 0) is 57.0 Å². The third-order valence-corrected chi connectivity index (χ3v) is 17.5.